The van der Waals surface area contributed by atoms with Crippen molar-refractivity contribution in [1.82, 2.24) is 4.90 Å². The molecule has 0 unspecified atom stereocenters. The molecule has 37 heavy (non-hydrogen) atoms. The highest BCUT2D eigenvalue weighted by atomic mass is 16.5. The molecule has 3 aromatic carbocycles. The lowest BCUT2D eigenvalue weighted by atomic mass is 9.64. The lowest BCUT2D eigenvalue weighted by molar-refractivity contribution is -0.127. The molecule has 0 bridgehead atoms. The summed E-state index contributed by atoms with van der Waals surface area (Å²) >= 11 is 0. The number of fused-ring (bicyclic) bond motifs is 2. The first-order valence-corrected chi connectivity index (χ1v) is 12.1. The average molecular weight is 498 g/mol. The Labute approximate surface area is 214 Å². The number of nitrogens with one attached hydrogen (secondary N) is 1. The highest BCUT2D eigenvalue weighted by Gasteiger charge is 2.73. The number of para-hydroxylation sites is 1. The number of carbonyl (C=O) groups excluding carboxylic acids is 3. The van der Waals surface area contributed by atoms with Crippen LogP contribution in [0.4, 0.5) is 11.4 Å². The standard InChI is InChI=1S/C29H27N3O5/c1-31-17-28(16-24(33)32(27(28)35)19-10-14-21(37-3)15-11-19)25(18-8-12-20(36-2)13-9-18)29(31)22-6-4-5-7-23(22)30-26(29)34/h4-15,25H,16-17H2,1-3H3,(H,30,34)/t25-,28+,29+/m0/s1. The second-order valence-electron chi connectivity index (χ2n) is 9.89. The zero-order valence-electron chi connectivity index (χ0n) is 20.9. The van der Waals surface area contributed by atoms with Crippen LogP contribution in [0.5, 0.6) is 11.5 Å². The number of nitrogens with zero attached hydrogens (tertiary/aromatic N) is 2. The van der Waals surface area contributed by atoms with Crippen LogP contribution in [-0.2, 0) is 19.9 Å². The Morgan fingerprint density at radius 1 is 0.865 bits per heavy atom. The van der Waals surface area contributed by atoms with Gasteiger partial charge in [-0.25, -0.2) is 4.90 Å². The van der Waals surface area contributed by atoms with E-state index in [4.69, 9.17) is 9.47 Å². The van der Waals surface area contributed by atoms with Crippen LogP contribution >= 0.6 is 0 Å². The van der Waals surface area contributed by atoms with E-state index in [0.717, 1.165) is 16.8 Å². The molecule has 6 rings (SSSR count). The van der Waals surface area contributed by atoms with Gasteiger partial charge in [0.1, 0.15) is 17.0 Å². The molecule has 2 fully saturated rings. The number of methoxy groups -OCH3 is 2. The smallest absolute Gasteiger partial charge is 0.250 e. The normalized spacial score (nSPS) is 26.7. The van der Waals surface area contributed by atoms with Gasteiger partial charge in [-0.3, -0.25) is 19.3 Å². The number of likely N-dealkylation sites (tertiary alicyclic amines) is 1. The highest BCUT2D eigenvalue weighted by Crippen LogP contribution is 2.64. The predicted molar refractivity (Wildman–Crippen MR) is 138 cm³/mol. The average Bonchev–Trinajstić information content (AvgIpc) is 3.45. The van der Waals surface area contributed by atoms with Crippen molar-refractivity contribution in [2.45, 2.75) is 17.9 Å². The molecule has 1 N–H and O–H groups in total. The van der Waals surface area contributed by atoms with E-state index in [9.17, 15) is 14.4 Å². The second kappa shape index (κ2) is 8.18. The maximum Gasteiger partial charge on any atom is 0.250 e. The van der Waals surface area contributed by atoms with Crippen molar-refractivity contribution in [3.8, 4) is 11.5 Å². The Balaban J connectivity index is 1.55. The van der Waals surface area contributed by atoms with Crippen molar-refractivity contribution in [3.05, 3.63) is 83.9 Å². The number of rotatable bonds is 4. The molecule has 0 aliphatic carbocycles. The molecule has 0 radical (unpaired) electrons. The summed E-state index contributed by atoms with van der Waals surface area (Å²) in [6.07, 6.45) is -0.00387. The monoisotopic (exact) mass is 497 g/mol. The topological polar surface area (TPSA) is 88.2 Å². The third kappa shape index (κ3) is 3.02. The SMILES string of the molecule is COc1ccc([C@H]2[C@@]3(CC(=O)N(c4ccc(OC)cc4)C3=O)CN(C)[C@@]23C(=O)Nc2ccccc23)cc1. The fourth-order valence-electron chi connectivity index (χ4n) is 6.65. The zero-order chi connectivity index (χ0) is 25.9. The van der Waals surface area contributed by atoms with Gasteiger partial charge in [0.2, 0.25) is 17.7 Å². The summed E-state index contributed by atoms with van der Waals surface area (Å²) in [4.78, 5) is 45.1. The predicted octanol–water partition coefficient (Wildman–Crippen LogP) is 3.53. The van der Waals surface area contributed by atoms with E-state index >= 15 is 0 Å². The first-order chi connectivity index (χ1) is 17.9. The van der Waals surface area contributed by atoms with Crippen molar-refractivity contribution < 1.29 is 23.9 Å². The minimum absolute atomic E-state index is 0.00387. The third-order valence-electron chi connectivity index (χ3n) is 8.15. The lowest BCUT2D eigenvalue weighted by Gasteiger charge is -2.38. The van der Waals surface area contributed by atoms with Gasteiger partial charge >= 0.3 is 0 Å². The van der Waals surface area contributed by atoms with Gasteiger partial charge in [0.15, 0.2) is 0 Å². The summed E-state index contributed by atoms with van der Waals surface area (Å²) < 4.78 is 10.6. The number of ether oxygens (including phenoxy) is 2. The van der Waals surface area contributed by atoms with Crippen molar-refractivity contribution >= 4 is 29.1 Å². The largest absolute Gasteiger partial charge is 0.497 e. The van der Waals surface area contributed by atoms with Crippen molar-refractivity contribution in [2.75, 3.05) is 38.0 Å². The zero-order valence-corrected chi connectivity index (χ0v) is 20.9. The summed E-state index contributed by atoms with van der Waals surface area (Å²) in [5, 5.41) is 3.04. The molecule has 8 heteroatoms. The van der Waals surface area contributed by atoms with Crippen LogP contribution in [0.2, 0.25) is 0 Å². The van der Waals surface area contributed by atoms with E-state index in [1.165, 1.54) is 4.90 Å². The molecule has 2 spiro atoms. The number of hydrogen-bond donors (Lipinski definition) is 1. The molecular weight excluding hydrogens is 470 g/mol. The molecule has 3 heterocycles. The third-order valence-corrected chi connectivity index (χ3v) is 8.15. The Morgan fingerprint density at radius 3 is 2.14 bits per heavy atom. The van der Waals surface area contributed by atoms with Crippen LogP contribution in [0.1, 0.15) is 23.5 Å². The van der Waals surface area contributed by atoms with Gasteiger partial charge in [0.05, 0.1) is 25.3 Å². The highest BCUT2D eigenvalue weighted by molar-refractivity contribution is 6.24. The minimum Gasteiger partial charge on any atom is -0.497 e. The second-order valence-corrected chi connectivity index (χ2v) is 9.89. The first kappa shape index (κ1) is 23.2. The molecule has 0 saturated carbocycles. The fraction of sp³-hybridized carbons (Fsp3) is 0.276. The summed E-state index contributed by atoms with van der Waals surface area (Å²) in [6.45, 7) is 0.253. The fourth-order valence-corrected chi connectivity index (χ4v) is 6.65. The van der Waals surface area contributed by atoms with Crippen LogP contribution < -0.4 is 19.7 Å². The Morgan fingerprint density at radius 2 is 1.49 bits per heavy atom. The van der Waals surface area contributed by atoms with Gasteiger partial charge in [0.25, 0.3) is 0 Å². The van der Waals surface area contributed by atoms with Crippen molar-refractivity contribution in [1.29, 1.82) is 0 Å². The number of anilines is 2. The van der Waals surface area contributed by atoms with E-state index in [2.05, 4.69) is 5.32 Å². The van der Waals surface area contributed by atoms with Crippen LogP contribution in [0.25, 0.3) is 0 Å². The van der Waals surface area contributed by atoms with Crippen LogP contribution in [0, 0.1) is 5.41 Å². The Bertz CT molecular complexity index is 1420. The number of likely N-dealkylation sites (N-methyl/N-ethyl adjacent to an activating group) is 1. The maximum atomic E-state index is 14.4. The van der Waals surface area contributed by atoms with Gasteiger partial charge in [-0.05, 0) is 55.1 Å². The molecule has 3 atom stereocenters. The quantitative estimate of drug-likeness (QED) is 0.555. The van der Waals surface area contributed by atoms with Gasteiger partial charge in [-0.15, -0.1) is 0 Å². The number of hydrogen-bond acceptors (Lipinski definition) is 6. The van der Waals surface area contributed by atoms with Gasteiger partial charge in [0, 0.05) is 30.1 Å². The summed E-state index contributed by atoms with van der Waals surface area (Å²) in [5.74, 6) is -0.0953. The molecule has 3 amide bonds. The van der Waals surface area contributed by atoms with E-state index < -0.39 is 16.9 Å². The number of amides is 3. The summed E-state index contributed by atoms with van der Waals surface area (Å²) in [6, 6.07) is 21.9. The molecule has 188 valence electrons. The number of benzene rings is 3. The van der Waals surface area contributed by atoms with Crippen LogP contribution in [0.3, 0.4) is 0 Å². The van der Waals surface area contributed by atoms with Crippen LogP contribution in [0.15, 0.2) is 72.8 Å². The molecule has 3 aliphatic rings. The Hall–Kier alpha value is -4.17. The maximum absolute atomic E-state index is 14.4. The molecule has 8 nitrogen and oxygen atoms in total. The summed E-state index contributed by atoms with van der Waals surface area (Å²) in [7, 11) is 5.02. The first-order valence-electron chi connectivity index (χ1n) is 12.1. The van der Waals surface area contributed by atoms with Crippen molar-refractivity contribution in [3.63, 3.8) is 0 Å². The molecule has 2 saturated heterocycles. The summed E-state index contributed by atoms with van der Waals surface area (Å²) in [5.41, 5.74) is 0.518. The van der Waals surface area contributed by atoms with Crippen molar-refractivity contribution in [2.24, 2.45) is 5.41 Å². The van der Waals surface area contributed by atoms with Gasteiger partial charge in [-0.2, -0.15) is 0 Å². The Kier molecular flexibility index (Phi) is 5.14. The molecule has 0 aromatic heterocycles. The molecule has 3 aromatic rings. The molecule has 3 aliphatic heterocycles. The number of imide groups is 1. The van der Waals surface area contributed by atoms with Crippen LogP contribution in [-0.4, -0.2) is 50.4 Å². The number of carbonyl (C=O) groups is 3. The van der Waals surface area contributed by atoms with Gasteiger partial charge < -0.3 is 14.8 Å². The van der Waals surface area contributed by atoms with E-state index in [1.807, 2.05) is 60.5 Å². The minimum atomic E-state index is -1.16. The van der Waals surface area contributed by atoms with Gasteiger partial charge in [-0.1, -0.05) is 30.3 Å². The molecular formula is C29H27N3O5. The lowest BCUT2D eigenvalue weighted by Crippen LogP contribution is -2.49. The van der Waals surface area contributed by atoms with E-state index in [1.54, 1.807) is 38.5 Å². The van der Waals surface area contributed by atoms with E-state index in [0.29, 0.717) is 17.2 Å². The van der Waals surface area contributed by atoms with E-state index in [-0.39, 0.29) is 30.7 Å².